The van der Waals surface area contributed by atoms with E-state index in [4.69, 9.17) is 0 Å². The van der Waals surface area contributed by atoms with Crippen molar-refractivity contribution in [3.8, 4) is 0 Å². The van der Waals surface area contributed by atoms with Gasteiger partial charge in [-0.1, -0.05) is 56.3 Å². The van der Waals surface area contributed by atoms with Crippen LogP contribution in [-0.2, 0) is 16.0 Å². The van der Waals surface area contributed by atoms with Crippen molar-refractivity contribution in [2.24, 2.45) is 5.41 Å². The van der Waals surface area contributed by atoms with Crippen LogP contribution >= 0.6 is 27.3 Å². The molecule has 2 aliphatic rings. The minimum absolute atomic E-state index is 0.0312. The average Bonchev–Trinajstić information content (AvgIpc) is 3.13. The number of hydrogen-bond donors (Lipinski definition) is 1. The van der Waals surface area contributed by atoms with Gasteiger partial charge in [0.05, 0.1) is 21.6 Å². The largest absolute Gasteiger partial charge is 0.357 e. The lowest BCUT2D eigenvalue weighted by atomic mass is 9.74. The van der Waals surface area contributed by atoms with Crippen molar-refractivity contribution in [1.29, 1.82) is 0 Å². The van der Waals surface area contributed by atoms with Crippen LogP contribution in [0, 0.1) is 5.41 Å². The predicted molar refractivity (Wildman–Crippen MR) is 138 cm³/mol. The number of hydrogen-bond acceptors (Lipinski definition) is 4. The number of amides is 1. The van der Waals surface area contributed by atoms with E-state index < -0.39 is 6.04 Å². The third-order valence-electron chi connectivity index (χ3n) is 6.23. The zero-order chi connectivity index (χ0) is 23.2. The number of fused-ring (bicyclic) bond motifs is 1. The number of nitrogens with zero attached hydrogens (tertiary/aromatic N) is 1. The molecule has 5 rings (SSSR count). The Morgan fingerprint density at radius 1 is 1.06 bits per heavy atom. The van der Waals surface area contributed by atoms with E-state index in [1.807, 2.05) is 71.6 Å². The number of halogens is 1. The first-order chi connectivity index (χ1) is 15.8. The fourth-order valence-corrected chi connectivity index (χ4v) is 6.39. The summed E-state index contributed by atoms with van der Waals surface area (Å²) in [6, 6.07) is 21.2. The molecule has 1 aromatic heterocycles. The molecule has 3 aromatic rings. The first kappa shape index (κ1) is 22.1. The standard InChI is InChI=1S/C27H25BrN2O2S/c1-27(2)15-19-25(21(31)16-27)26(22-12-13-23(28)33-22)30(20-11-7-6-10-18(20)29-19)24(32)14-17-8-4-3-5-9-17/h3-13,26,29H,14-16H2,1-2H3/t26-/m0/s1. The molecule has 1 amide bonds. The number of benzene rings is 2. The topological polar surface area (TPSA) is 49.4 Å². The summed E-state index contributed by atoms with van der Waals surface area (Å²) in [5, 5.41) is 3.56. The molecule has 0 fully saturated rings. The summed E-state index contributed by atoms with van der Waals surface area (Å²) >= 11 is 5.15. The smallest absolute Gasteiger partial charge is 0.232 e. The van der Waals surface area contributed by atoms with Crippen molar-refractivity contribution in [2.75, 3.05) is 10.2 Å². The SMILES string of the molecule is CC1(C)CC(=O)C2=C(C1)Nc1ccccc1N(C(=O)Cc1ccccc1)[C@H]2c1ccc(Br)s1. The molecule has 0 spiro atoms. The number of allylic oxidation sites excluding steroid dienone is 1. The molecule has 0 saturated heterocycles. The monoisotopic (exact) mass is 520 g/mol. The van der Waals surface area contributed by atoms with Crippen LogP contribution < -0.4 is 10.2 Å². The van der Waals surface area contributed by atoms with Crippen LogP contribution in [0.5, 0.6) is 0 Å². The molecule has 33 heavy (non-hydrogen) atoms. The number of anilines is 2. The van der Waals surface area contributed by atoms with E-state index in [1.165, 1.54) is 0 Å². The van der Waals surface area contributed by atoms with Crippen molar-refractivity contribution in [2.45, 2.75) is 39.2 Å². The Bertz CT molecular complexity index is 1260. The Morgan fingerprint density at radius 2 is 1.79 bits per heavy atom. The molecule has 4 nitrogen and oxygen atoms in total. The quantitative estimate of drug-likeness (QED) is 0.408. The number of carbonyl (C=O) groups excluding carboxylic acids is 2. The van der Waals surface area contributed by atoms with Gasteiger partial charge in [0.25, 0.3) is 0 Å². The Morgan fingerprint density at radius 3 is 2.52 bits per heavy atom. The lowest BCUT2D eigenvalue weighted by molar-refractivity contribution is -0.119. The van der Waals surface area contributed by atoms with E-state index in [0.717, 1.165) is 37.7 Å². The van der Waals surface area contributed by atoms with Crippen molar-refractivity contribution < 1.29 is 9.59 Å². The molecule has 2 heterocycles. The van der Waals surface area contributed by atoms with Crippen LogP contribution in [0.4, 0.5) is 11.4 Å². The van der Waals surface area contributed by atoms with Gasteiger partial charge in [-0.3, -0.25) is 14.5 Å². The number of rotatable bonds is 3. The van der Waals surface area contributed by atoms with E-state index >= 15 is 0 Å². The highest BCUT2D eigenvalue weighted by molar-refractivity contribution is 9.11. The lowest BCUT2D eigenvalue weighted by Crippen LogP contribution is -2.40. The molecule has 1 N–H and O–H groups in total. The van der Waals surface area contributed by atoms with Crippen molar-refractivity contribution in [1.82, 2.24) is 0 Å². The van der Waals surface area contributed by atoms with E-state index in [-0.39, 0.29) is 23.5 Å². The lowest BCUT2D eigenvalue weighted by Gasteiger charge is -2.36. The van der Waals surface area contributed by atoms with Gasteiger partial charge in [-0.2, -0.15) is 0 Å². The molecule has 0 saturated carbocycles. The molecule has 0 radical (unpaired) electrons. The minimum atomic E-state index is -0.465. The molecule has 6 heteroatoms. The minimum Gasteiger partial charge on any atom is -0.357 e. The molecule has 1 aliphatic heterocycles. The molecule has 0 bridgehead atoms. The maximum atomic E-state index is 13.9. The fraction of sp³-hybridized carbons (Fsp3) is 0.259. The van der Waals surface area contributed by atoms with Gasteiger partial charge in [-0.15, -0.1) is 11.3 Å². The molecule has 0 unspecified atom stereocenters. The summed E-state index contributed by atoms with van der Waals surface area (Å²) in [6.45, 7) is 4.25. The van der Waals surface area contributed by atoms with Gasteiger partial charge in [0, 0.05) is 22.6 Å². The Hall–Kier alpha value is -2.70. The van der Waals surface area contributed by atoms with Gasteiger partial charge in [0.2, 0.25) is 5.91 Å². The second-order valence-electron chi connectivity index (χ2n) is 9.45. The molecular formula is C27H25BrN2O2S. The van der Waals surface area contributed by atoms with Gasteiger partial charge in [-0.05, 0) is 57.6 Å². The highest BCUT2D eigenvalue weighted by Gasteiger charge is 2.43. The van der Waals surface area contributed by atoms with Gasteiger partial charge in [0.15, 0.2) is 5.78 Å². The van der Waals surface area contributed by atoms with Gasteiger partial charge >= 0.3 is 0 Å². The zero-order valence-corrected chi connectivity index (χ0v) is 21.0. The van der Waals surface area contributed by atoms with Crippen LogP contribution in [-0.4, -0.2) is 11.7 Å². The summed E-state index contributed by atoms with van der Waals surface area (Å²) in [5.41, 5.74) is 4.10. The number of nitrogens with one attached hydrogen (secondary N) is 1. The van der Waals surface area contributed by atoms with Gasteiger partial charge in [-0.25, -0.2) is 0 Å². The summed E-state index contributed by atoms with van der Waals surface area (Å²) in [6.07, 6.45) is 1.49. The molecule has 1 aliphatic carbocycles. The van der Waals surface area contributed by atoms with Crippen molar-refractivity contribution in [3.63, 3.8) is 0 Å². The average molecular weight is 521 g/mol. The van der Waals surface area contributed by atoms with Crippen LogP contribution in [0.15, 0.2) is 81.8 Å². The van der Waals surface area contributed by atoms with Crippen LogP contribution in [0.2, 0.25) is 0 Å². The number of Topliss-reactive ketones (excluding diaryl/α,β-unsaturated/α-hetero) is 1. The number of carbonyl (C=O) groups is 2. The number of para-hydroxylation sites is 2. The third-order valence-corrected chi connectivity index (χ3v) is 7.91. The molecular weight excluding hydrogens is 496 g/mol. The maximum Gasteiger partial charge on any atom is 0.232 e. The van der Waals surface area contributed by atoms with E-state index in [1.54, 1.807) is 11.3 Å². The second-order valence-corrected chi connectivity index (χ2v) is 11.9. The Kier molecular flexibility index (Phi) is 5.75. The molecule has 168 valence electrons. The van der Waals surface area contributed by atoms with Gasteiger partial charge in [0.1, 0.15) is 6.04 Å². The Labute approximate surface area is 206 Å². The summed E-state index contributed by atoms with van der Waals surface area (Å²) in [5.74, 6) is 0.0740. The first-order valence-corrected chi connectivity index (χ1v) is 12.7. The Balaban J connectivity index is 1.71. The van der Waals surface area contributed by atoms with Crippen LogP contribution in [0.3, 0.4) is 0 Å². The zero-order valence-electron chi connectivity index (χ0n) is 18.6. The first-order valence-electron chi connectivity index (χ1n) is 11.1. The number of ketones is 1. The summed E-state index contributed by atoms with van der Waals surface area (Å²) in [7, 11) is 0. The van der Waals surface area contributed by atoms with Crippen molar-refractivity contribution in [3.05, 3.63) is 92.2 Å². The molecule has 1 atom stereocenters. The van der Waals surface area contributed by atoms with E-state index in [9.17, 15) is 9.59 Å². The van der Waals surface area contributed by atoms with E-state index in [2.05, 4.69) is 35.1 Å². The summed E-state index contributed by atoms with van der Waals surface area (Å²) < 4.78 is 0.976. The summed E-state index contributed by atoms with van der Waals surface area (Å²) in [4.78, 5) is 30.4. The van der Waals surface area contributed by atoms with Gasteiger partial charge < -0.3 is 5.32 Å². The van der Waals surface area contributed by atoms with E-state index in [0.29, 0.717) is 12.0 Å². The highest BCUT2D eigenvalue weighted by Crippen LogP contribution is 2.49. The highest BCUT2D eigenvalue weighted by atomic mass is 79.9. The van der Waals surface area contributed by atoms with Crippen molar-refractivity contribution >= 4 is 50.3 Å². The maximum absolute atomic E-state index is 13.9. The number of thiophene rings is 1. The normalized spacial score (nSPS) is 19.4. The van der Waals surface area contributed by atoms with Crippen LogP contribution in [0.25, 0.3) is 0 Å². The molecule has 2 aromatic carbocycles. The fourth-order valence-electron chi connectivity index (χ4n) is 4.86. The van der Waals surface area contributed by atoms with Crippen LogP contribution in [0.1, 0.15) is 43.2 Å². The third kappa shape index (κ3) is 4.30. The second kappa shape index (κ2) is 8.58. The predicted octanol–water partition coefficient (Wildman–Crippen LogP) is 6.90.